The molecule has 0 saturated heterocycles. The fraction of sp³-hybridized carbons (Fsp3) is 0.182. The van der Waals surface area contributed by atoms with E-state index in [1.54, 1.807) is 42.5 Å². The Morgan fingerprint density at radius 2 is 1.67 bits per heavy atom. The Morgan fingerprint density at radius 1 is 1.00 bits per heavy atom. The van der Waals surface area contributed by atoms with Crippen molar-refractivity contribution in [3.8, 4) is 34.3 Å². The zero-order valence-corrected chi connectivity index (χ0v) is 24.7. The van der Waals surface area contributed by atoms with E-state index < -0.39 is 53.4 Å². The third kappa shape index (κ3) is 5.84. The molecule has 3 heterocycles. The number of halogens is 2. The molecule has 3 aromatic heterocycles. The zero-order chi connectivity index (χ0) is 31.8. The summed E-state index contributed by atoms with van der Waals surface area (Å²) in [6.07, 6.45) is -0.348. The Bertz CT molecular complexity index is 2180. The predicted octanol–water partition coefficient (Wildman–Crippen LogP) is 5.43. The summed E-state index contributed by atoms with van der Waals surface area (Å²) < 4.78 is 43.0. The fourth-order valence-corrected chi connectivity index (χ4v) is 6.11. The summed E-state index contributed by atoms with van der Waals surface area (Å²) >= 11 is 1.17. The van der Waals surface area contributed by atoms with Gasteiger partial charge in [-0.05, 0) is 60.0 Å². The maximum absolute atomic E-state index is 15.7. The van der Waals surface area contributed by atoms with Crippen LogP contribution in [-0.4, -0.2) is 32.2 Å². The van der Waals surface area contributed by atoms with E-state index in [4.69, 9.17) is 4.74 Å². The summed E-state index contributed by atoms with van der Waals surface area (Å²) in [4.78, 5) is 45.0. The van der Waals surface area contributed by atoms with Crippen LogP contribution >= 0.6 is 11.3 Å². The number of carbonyl (C=O) groups excluding carboxylic acids is 1. The van der Waals surface area contributed by atoms with Gasteiger partial charge in [0.15, 0.2) is 17.7 Å². The van der Waals surface area contributed by atoms with Gasteiger partial charge in [0.1, 0.15) is 22.2 Å². The van der Waals surface area contributed by atoms with Crippen molar-refractivity contribution >= 4 is 27.3 Å². The Kier molecular flexibility index (Phi) is 8.96. The zero-order valence-electron chi connectivity index (χ0n) is 23.9. The second kappa shape index (κ2) is 12.9. The third-order valence-electron chi connectivity index (χ3n) is 7.35. The van der Waals surface area contributed by atoms with Gasteiger partial charge < -0.3 is 14.4 Å². The molecule has 0 aliphatic carbocycles. The highest BCUT2D eigenvalue weighted by Crippen LogP contribution is 2.33. The maximum Gasteiger partial charge on any atom is 0.332 e. The molecule has 0 unspecified atom stereocenters. The highest BCUT2D eigenvalue weighted by Gasteiger charge is 2.22. The lowest BCUT2D eigenvalue weighted by molar-refractivity contribution is -0.303. The minimum atomic E-state index is -0.947. The molecule has 0 fully saturated rings. The number of aryl methyl sites for hydroxylation is 1. The lowest BCUT2D eigenvalue weighted by Gasteiger charge is -2.14. The molecule has 10 nitrogen and oxygen atoms in total. The lowest BCUT2D eigenvalue weighted by atomic mass is 9.97. The number of ether oxygens (including phenoxy) is 1. The molecule has 13 heteroatoms. The van der Waals surface area contributed by atoms with Gasteiger partial charge in [-0.25, -0.2) is 18.6 Å². The van der Waals surface area contributed by atoms with Gasteiger partial charge in [-0.15, -0.1) is 11.3 Å². The number of Topliss-reactive ketones (excluding diaryl/α,β-unsaturated/α-hetero) is 1. The number of thiophene rings is 1. The van der Waals surface area contributed by atoms with Gasteiger partial charge in [-0.2, -0.15) is 5.16 Å². The lowest BCUT2D eigenvalue weighted by Crippen LogP contribution is -2.41. The molecule has 6 aromatic rings. The average molecular weight is 646 g/mol. The molecule has 0 amide bonds. The molecule has 0 bridgehead atoms. The summed E-state index contributed by atoms with van der Waals surface area (Å²) in [7, 11) is 1.48. The van der Waals surface area contributed by atoms with Gasteiger partial charge in [-0.1, -0.05) is 38.6 Å². The number of fused-ring (bicyclic) bond motifs is 1. The van der Waals surface area contributed by atoms with Crippen LogP contribution in [0.1, 0.15) is 35.1 Å². The van der Waals surface area contributed by atoms with E-state index in [2.05, 4.69) is 14.7 Å². The summed E-state index contributed by atoms with van der Waals surface area (Å²) in [5.74, 6) is -1.90. The number of benzene rings is 3. The van der Waals surface area contributed by atoms with Crippen molar-refractivity contribution in [2.45, 2.75) is 33.9 Å². The summed E-state index contributed by atoms with van der Waals surface area (Å²) in [6.45, 7) is 0.764. The van der Waals surface area contributed by atoms with Gasteiger partial charge in [-0.3, -0.25) is 18.7 Å². The SMILES string of the molecule is C.CCc1cc2c(=O)n(CC(=O)c3ccc(OC)cc3)c(=O)n(Cc3c(F)cc(-c4ccccc4-c4noc([O-])n4)cc3F)c2s1. The third-order valence-corrected chi connectivity index (χ3v) is 8.65. The van der Waals surface area contributed by atoms with Crippen LogP contribution in [0.15, 0.2) is 80.8 Å². The monoisotopic (exact) mass is 645 g/mol. The number of methoxy groups -OCH3 is 1. The molecule has 0 spiro atoms. The molecule has 0 radical (unpaired) electrons. The minimum Gasteiger partial charge on any atom is -0.528 e. The second-order valence-electron chi connectivity index (χ2n) is 10.0. The topological polar surface area (TPSA) is 132 Å². The average Bonchev–Trinajstić information content (AvgIpc) is 3.69. The molecule has 0 aliphatic heterocycles. The molecule has 0 atom stereocenters. The van der Waals surface area contributed by atoms with Gasteiger partial charge in [0.05, 0.1) is 25.6 Å². The molecule has 0 aliphatic rings. The van der Waals surface area contributed by atoms with E-state index in [1.807, 2.05) is 6.92 Å². The summed E-state index contributed by atoms with van der Waals surface area (Å²) in [5, 5.41) is 15.2. The fourth-order valence-electron chi connectivity index (χ4n) is 5.03. The van der Waals surface area contributed by atoms with Crippen molar-refractivity contribution in [1.82, 2.24) is 19.3 Å². The Balaban J connectivity index is 0.00000417. The van der Waals surface area contributed by atoms with Crippen LogP contribution in [0.3, 0.4) is 0 Å². The number of hydrogen-bond donors (Lipinski definition) is 0. The largest absolute Gasteiger partial charge is 0.528 e. The van der Waals surface area contributed by atoms with Crippen molar-refractivity contribution in [3.63, 3.8) is 0 Å². The standard InChI is InChI=1S/C32H24F2N4O6S.CH4/c1-3-20-14-23-29(40)37(16-27(39)17-8-10-19(43-2)11-9-17)32(42)38(30(23)45-20)15-24-25(33)12-18(13-26(24)34)21-6-4-5-7-22(21)28-35-31(41)44-36-28;/h4-14H,3,15-16H2,1-2H3,(H,35,36,41);1H4/p-1. The van der Waals surface area contributed by atoms with E-state index in [-0.39, 0.29) is 34.6 Å². The highest BCUT2D eigenvalue weighted by atomic mass is 32.1. The van der Waals surface area contributed by atoms with E-state index in [0.29, 0.717) is 23.3 Å². The molecule has 6 rings (SSSR count). The number of aromatic nitrogens is 4. The molecule has 0 N–H and O–H groups in total. The Hall–Kier alpha value is -5.43. The molecule has 0 saturated carbocycles. The Labute approximate surface area is 264 Å². The van der Waals surface area contributed by atoms with Crippen LogP contribution in [-0.2, 0) is 19.5 Å². The van der Waals surface area contributed by atoms with Crippen LogP contribution in [0, 0.1) is 11.6 Å². The molecular weight excluding hydrogens is 618 g/mol. The van der Waals surface area contributed by atoms with Crippen molar-refractivity contribution < 1.29 is 27.9 Å². The number of nitrogens with zero attached hydrogens (tertiary/aromatic N) is 4. The first kappa shape index (κ1) is 32.0. The van der Waals surface area contributed by atoms with Crippen molar-refractivity contribution in [2.75, 3.05) is 7.11 Å². The molecular formula is C33H27F2N4O6S-. The van der Waals surface area contributed by atoms with E-state index in [9.17, 15) is 19.5 Å². The highest BCUT2D eigenvalue weighted by molar-refractivity contribution is 7.18. The van der Waals surface area contributed by atoms with Gasteiger partial charge in [0, 0.05) is 21.6 Å². The molecule has 3 aromatic carbocycles. The van der Waals surface area contributed by atoms with E-state index >= 15 is 8.78 Å². The smallest absolute Gasteiger partial charge is 0.332 e. The summed E-state index contributed by atoms with van der Waals surface area (Å²) in [5.41, 5.74) is -0.894. The molecule has 236 valence electrons. The predicted molar refractivity (Wildman–Crippen MR) is 167 cm³/mol. The van der Waals surface area contributed by atoms with E-state index in [0.717, 1.165) is 26.1 Å². The van der Waals surface area contributed by atoms with Crippen LogP contribution in [0.5, 0.6) is 11.8 Å². The normalized spacial score (nSPS) is 11.0. The van der Waals surface area contributed by atoms with Crippen LogP contribution in [0.2, 0.25) is 0 Å². The van der Waals surface area contributed by atoms with Crippen molar-refractivity contribution in [1.29, 1.82) is 0 Å². The van der Waals surface area contributed by atoms with Crippen molar-refractivity contribution in [2.24, 2.45) is 0 Å². The number of rotatable bonds is 9. The van der Waals surface area contributed by atoms with Crippen LogP contribution in [0.25, 0.3) is 32.7 Å². The first-order valence-electron chi connectivity index (χ1n) is 13.7. The first-order chi connectivity index (χ1) is 21.7. The van der Waals surface area contributed by atoms with Gasteiger partial charge in [0.2, 0.25) is 0 Å². The van der Waals surface area contributed by atoms with Crippen LogP contribution in [0.4, 0.5) is 8.78 Å². The second-order valence-corrected chi connectivity index (χ2v) is 11.2. The van der Waals surface area contributed by atoms with Crippen molar-refractivity contribution in [3.05, 3.63) is 115 Å². The number of hydrogen-bond acceptors (Lipinski definition) is 9. The summed E-state index contributed by atoms with van der Waals surface area (Å²) in [6, 6.07) is 16.5. The van der Waals surface area contributed by atoms with E-state index in [1.165, 1.54) is 30.6 Å². The quantitative estimate of drug-likeness (QED) is 0.190. The number of carbonyl (C=O) groups is 1. The Morgan fingerprint density at radius 3 is 2.28 bits per heavy atom. The first-order valence-corrected chi connectivity index (χ1v) is 14.5. The molecule has 46 heavy (non-hydrogen) atoms. The maximum atomic E-state index is 15.7. The number of ketones is 1. The van der Waals surface area contributed by atoms with Gasteiger partial charge in [0.25, 0.3) is 5.56 Å². The van der Waals surface area contributed by atoms with Crippen LogP contribution < -0.4 is 21.1 Å². The minimum absolute atomic E-state index is 0. The van der Waals surface area contributed by atoms with Gasteiger partial charge >= 0.3 is 5.69 Å².